The van der Waals surface area contributed by atoms with E-state index in [1.807, 2.05) is 30.3 Å². The number of benzene rings is 3. The zero-order valence-corrected chi connectivity index (χ0v) is 16.1. The maximum Gasteiger partial charge on any atom is 0.264 e. The molecule has 0 atom stereocenters. The van der Waals surface area contributed by atoms with E-state index < -0.39 is 5.56 Å². The average Bonchev–Trinajstić information content (AvgIpc) is 2.75. The number of hydrogen-bond donors (Lipinski definition) is 2. The van der Waals surface area contributed by atoms with Gasteiger partial charge in [0.15, 0.2) is 0 Å². The quantitative estimate of drug-likeness (QED) is 0.401. The van der Waals surface area contributed by atoms with E-state index in [0.29, 0.717) is 22.3 Å². The molecule has 0 saturated carbocycles. The molecule has 4 aromatic rings. The smallest absolute Gasteiger partial charge is 0.264 e. The van der Waals surface area contributed by atoms with Crippen LogP contribution in [0.4, 0.5) is 11.4 Å². The van der Waals surface area contributed by atoms with Crippen molar-refractivity contribution in [3.63, 3.8) is 0 Å². The first-order valence-corrected chi connectivity index (χ1v) is 9.21. The first-order chi connectivity index (χ1) is 14.5. The summed E-state index contributed by atoms with van der Waals surface area (Å²) in [4.78, 5) is 17.8. The molecule has 7 nitrogen and oxygen atoms in total. The van der Waals surface area contributed by atoms with Gasteiger partial charge in [0.05, 0.1) is 28.2 Å². The maximum absolute atomic E-state index is 13.4. The van der Waals surface area contributed by atoms with Gasteiger partial charge in [0, 0.05) is 5.69 Å². The number of anilines is 1. The molecule has 0 aliphatic heterocycles. The Labute approximate surface area is 171 Å². The Morgan fingerprint density at radius 3 is 2.23 bits per heavy atom. The van der Waals surface area contributed by atoms with Crippen LogP contribution in [0.25, 0.3) is 16.6 Å². The van der Waals surface area contributed by atoms with E-state index in [4.69, 9.17) is 10.4 Å². The summed E-state index contributed by atoms with van der Waals surface area (Å²) < 4.78 is 1.52. The third kappa shape index (κ3) is 3.43. The first-order valence-electron chi connectivity index (χ1n) is 9.21. The van der Waals surface area contributed by atoms with Gasteiger partial charge in [-0.15, -0.1) is 5.23 Å². The van der Waals surface area contributed by atoms with Crippen LogP contribution in [0.5, 0.6) is 5.75 Å². The van der Waals surface area contributed by atoms with Crippen LogP contribution in [0.2, 0.25) is 0 Å². The molecular weight excluding hydrogens is 382 g/mol. The zero-order chi connectivity index (χ0) is 21.3. The van der Waals surface area contributed by atoms with Gasteiger partial charge < -0.3 is 5.11 Å². The predicted molar refractivity (Wildman–Crippen MR) is 113 cm³/mol. The van der Waals surface area contributed by atoms with Crippen LogP contribution in [0.3, 0.4) is 0 Å². The predicted octanol–water partition coefficient (Wildman–Crippen LogP) is 3.79. The van der Waals surface area contributed by atoms with Crippen molar-refractivity contribution in [3.05, 3.63) is 94.8 Å². The molecule has 1 heterocycles. The van der Waals surface area contributed by atoms with Crippen molar-refractivity contribution >= 4 is 28.0 Å². The standard InChI is InChI=1S/C23H19N3O4/c1-15(24-16-11-13-18(14-12-16)26(29)30)21-22(27)19-9-5-6-10-20(19)25(23(21)28)17-7-3-2-4-8-17/h2-14,27,29-30H,1H3/p-1. The van der Waals surface area contributed by atoms with E-state index in [0.717, 1.165) is 0 Å². The van der Waals surface area contributed by atoms with Gasteiger partial charge in [-0.3, -0.25) is 24.8 Å². The lowest BCUT2D eigenvalue weighted by molar-refractivity contribution is -0.266. The lowest BCUT2D eigenvalue weighted by Crippen LogP contribution is -2.27. The highest BCUT2D eigenvalue weighted by Gasteiger charge is 2.15. The number of rotatable bonds is 4. The van der Waals surface area contributed by atoms with Gasteiger partial charge in [-0.1, -0.05) is 42.1 Å². The summed E-state index contributed by atoms with van der Waals surface area (Å²) in [7, 11) is 0. The van der Waals surface area contributed by atoms with E-state index in [-0.39, 0.29) is 27.9 Å². The lowest BCUT2D eigenvalue weighted by Gasteiger charge is -2.20. The molecule has 0 unspecified atom stereocenters. The number of para-hydroxylation sites is 2. The minimum Gasteiger partial charge on any atom is -0.871 e. The van der Waals surface area contributed by atoms with Crippen molar-refractivity contribution in [1.29, 1.82) is 0 Å². The Bertz CT molecular complexity index is 1290. The van der Waals surface area contributed by atoms with Crippen LogP contribution in [0, 0.1) is 0 Å². The SMILES string of the molecule is CC(=Nc1ccc(N(O)O)cc1)c1c([O-])c2ccccc2n(-c2ccccc2)c1=O. The molecule has 0 amide bonds. The van der Waals surface area contributed by atoms with Gasteiger partial charge in [-0.25, -0.2) is 0 Å². The van der Waals surface area contributed by atoms with E-state index in [1.165, 1.54) is 16.7 Å². The summed E-state index contributed by atoms with van der Waals surface area (Å²) in [5.74, 6) is -0.377. The highest BCUT2D eigenvalue weighted by molar-refractivity contribution is 6.06. The molecule has 0 fully saturated rings. The van der Waals surface area contributed by atoms with E-state index in [1.54, 1.807) is 43.3 Å². The van der Waals surface area contributed by atoms with Gasteiger partial charge in [-0.05, 0) is 54.8 Å². The Morgan fingerprint density at radius 2 is 1.57 bits per heavy atom. The molecule has 0 bridgehead atoms. The number of hydrogen-bond acceptors (Lipinski definition) is 6. The van der Waals surface area contributed by atoms with Crippen LogP contribution in [0.15, 0.2) is 88.6 Å². The number of aliphatic imine (C=N–C) groups is 1. The maximum atomic E-state index is 13.4. The Hall–Kier alpha value is -3.94. The van der Waals surface area contributed by atoms with Crippen LogP contribution in [-0.2, 0) is 0 Å². The van der Waals surface area contributed by atoms with Crippen LogP contribution in [-0.4, -0.2) is 20.7 Å². The summed E-state index contributed by atoms with van der Waals surface area (Å²) >= 11 is 0. The van der Waals surface area contributed by atoms with E-state index in [2.05, 4.69) is 4.99 Å². The van der Waals surface area contributed by atoms with Crippen molar-refractivity contribution < 1.29 is 15.5 Å². The fraction of sp³-hybridized carbons (Fsp3) is 0.0435. The van der Waals surface area contributed by atoms with Crippen molar-refractivity contribution in [3.8, 4) is 11.4 Å². The van der Waals surface area contributed by atoms with Crippen molar-refractivity contribution in [2.24, 2.45) is 4.99 Å². The molecule has 0 radical (unpaired) electrons. The fourth-order valence-corrected chi connectivity index (χ4v) is 3.38. The Balaban J connectivity index is 1.94. The molecule has 0 aliphatic carbocycles. The molecule has 0 spiro atoms. The second-order valence-corrected chi connectivity index (χ2v) is 6.70. The molecule has 0 saturated heterocycles. The normalized spacial score (nSPS) is 11.6. The third-order valence-corrected chi connectivity index (χ3v) is 4.79. The number of aromatic nitrogens is 1. The largest absolute Gasteiger partial charge is 0.871 e. The van der Waals surface area contributed by atoms with Gasteiger partial charge in [0.2, 0.25) is 0 Å². The van der Waals surface area contributed by atoms with E-state index >= 15 is 0 Å². The third-order valence-electron chi connectivity index (χ3n) is 4.79. The van der Waals surface area contributed by atoms with E-state index in [9.17, 15) is 9.90 Å². The molecule has 2 N–H and O–H groups in total. The molecule has 0 aliphatic rings. The van der Waals surface area contributed by atoms with Gasteiger partial charge in [-0.2, -0.15) is 0 Å². The second kappa shape index (κ2) is 7.82. The lowest BCUT2D eigenvalue weighted by atomic mass is 10.1. The fourth-order valence-electron chi connectivity index (χ4n) is 3.38. The van der Waals surface area contributed by atoms with Crippen LogP contribution in [0.1, 0.15) is 12.5 Å². The summed E-state index contributed by atoms with van der Waals surface area (Å²) in [5, 5.41) is 31.7. The van der Waals surface area contributed by atoms with Gasteiger partial charge in [0.25, 0.3) is 5.56 Å². The van der Waals surface area contributed by atoms with Crippen molar-refractivity contribution in [2.75, 3.05) is 5.23 Å². The zero-order valence-electron chi connectivity index (χ0n) is 16.1. The molecule has 3 aromatic carbocycles. The Morgan fingerprint density at radius 1 is 0.933 bits per heavy atom. The van der Waals surface area contributed by atoms with Gasteiger partial charge in [0.1, 0.15) is 0 Å². The highest BCUT2D eigenvalue weighted by atomic mass is 16.8. The van der Waals surface area contributed by atoms with Gasteiger partial charge >= 0.3 is 0 Å². The molecule has 1 aromatic heterocycles. The number of nitrogens with zero attached hydrogens (tertiary/aromatic N) is 3. The number of pyridine rings is 1. The molecule has 30 heavy (non-hydrogen) atoms. The monoisotopic (exact) mass is 400 g/mol. The van der Waals surface area contributed by atoms with Crippen molar-refractivity contribution in [1.82, 2.24) is 4.57 Å². The average molecular weight is 400 g/mol. The molecule has 4 rings (SSSR count). The number of fused-ring (bicyclic) bond motifs is 1. The topological polar surface area (TPSA) is 101 Å². The molecule has 7 heteroatoms. The van der Waals surface area contributed by atoms with Crippen LogP contribution < -0.4 is 15.9 Å². The summed E-state index contributed by atoms with van der Waals surface area (Å²) in [6.07, 6.45) is 0. The van der Waals surface area contributed by atoms with Crippen LogP contribution >= 0.6 is 0 Å². The Kier molecular flexibility index (Phi) is 5.05. The summed E-state index contributed by atoms with van der Waals surface area (Å²) in [5.41, 5.74) is 1.64. The first kappa shape index (κ1) is 19.4. The summed E-state index contributed by atoms with van der Waals surface area (Å²) in [6.45, 7) is 1.61. The molecule has 150 valence electrons. The minimum absolute atomic E-state index is 0.00203. The minimum atomic E-state index is -0.445. The summed E-state index contributed by atoms with van der Waals surface area (Å²) in [6, 6.07) is 22.1. The second-order valence-electron chi connectivity index (χ2n) is 6.70. The molecular formula is C23H18N3O4-. The highest BCUT2D eigenvalue weighted by Crippen LogP contribution is 2.27. The van der Waals surface area contributed by atoms with Crippen molar-refractivity contribution in [2.45, 2.75) is 6.92 Å².